The van der Waals surface area contributed by atoms with Gasteiger partial charge in [-0.15, -0.1) is 5.10 Å². The van der Waals surface area contributed by atoms with Gasteiger partial charge in [-0.3, -0.25) is 4.99 Å². The number of hydrogen-bond donors (Lipinski definition) is 2. The highest BCUT2D eigenvalue weighted by atomic mass is 15.2. The van der Waals surface area contributed by atoms with Gasteiger partial charge in [-0.25, -0.2) is 19.9 Å². The molecule has 10 nitrogen and oxygen atoms in total. The monoisotopic (exact) mass is 848 g/mol. The molecule has 0 atom stereocenters. The second-order valence-electron chi connectivity index (χ2n) is 17.0. The summed E-state index contributed by atoms with van der Waals surface area (Å²) in [6.45, 7) is 0.740. The van der Waals surface area contributed by atoms with Crippen LogP contribution in [0.25, 0.3) is 99.8 Å². The standard InChI is InChI=1S/C56H36N10/c1-6-18-38-36(15-1)30-58-49(38)48-46(43-28-34-13-3-8-20-40(34)60-43)47(44-29-35-14-4-9-21-41(35)61-44)52-54(55(48)66-27-25-32-12-5-10-22-45(32)66)63-51(42-24-23-33-17-11-26-57-56(33)62-42)53(64-52)50-39-19-7-2-16-37(39)31-59-65-50/h1-24,26,28,30-31,58,60H,25,27,29H2. The van der Waals surface area contributed by atoms with Gasteiger partial charge in [0.25, 0.3) is 0 Å². The smallest absolute Gasteiger partial charge is 0.159 e. The van der Waals surface area contributed by atoms with Crippen molar-refractivity contribution in [3.63, 3.8) is 0 Å². The van der Waals surface area contributed by atoms with E-state index in [1.165, 1.54) is 5.56 Å². The molecule has 0 saturated carbocycles. The third-order valence-corrected chi connectivity index (χ3v) is 13.3. The highest BCUT2D eigenvalue weighted by molar-refractivity contribution is 6.25. The third kappa shape index (κ3) is 5.58. The van der Waals surface area contributed by atoms with E-state index in [1.54, 1.807) is 12.4 Å². The fourth-order valence-corrected chi connectivity index (χ4v) is 10.3. The van der Waals surface area contributed by atoms with Crippen LogP contribution in [0.1, 0.15) is 16.7 Å². The van der Waals surface area contributed by atoms with Gasteiger partial charge in [-0.2, -0.15) is 5.10 Å². The summed E-state index contributed by atoms with van der Waals surface area (Å²) in [4.78, 5) is 37.4. The summed E-state index contributed by atoms with van der Waals surface area (Å²) in [6.07, 6.45) is 7.16. The number of aromatic nitrogens is 8. The van der Waals surface area contributed by atoms with Crippen LogP contribution in [-0.4, -0.2) is 52.4 Å². The minimum Gasteiger partial charge on any atom is -0.360 e. The molecule has 0 amide bonds. The van der Waals surface area contributed by atoms with Crippen LogP contribution >= 0.6 is 0 Å². The highest BCUT2D eigenvalue weighted by Gasteiger charge is 2.36. The minimum atomic E-state index is 0.570. The molecule has 0 radical (unpaired) electrons. The van der Waals surface area contributed by atoms with Crippen LogP contribution in [0, 0.1) is 0 Å². The maximum Gasteiger partial charge on any atom is 0.159 e. The fraction of sp³-hybridized carbons (Fsp3) is 0.0536. The number of benzene rings is 6. The summed E-state index contributed by atoms with van der Waals surface area (Å²) in [5, 5.41) is 15.5. The molecule has 0 unspecified atom stereocenters. The number of H-pyrrole nitrogens is 2. The molecule has 66 heavy (non-hydrogen) atoms. The zero-order valence-electron chi connectivity index (χ0n) is 35.4. The Balaban J connectivity index is 1.22. The van der Waals surface area contributed by atoms with Crippen LogP contribution in [0.2, 0.25) is 0 Å². The summed E-state index contributed by atoms with van der Waals surface area (Å²) in [5.74, 6) is 0. The van der Waals surface area contributed by atoms with Gasteiger partial charge in [0.1, 0.15) is 28.1 Å². The lowest BCUT2D eigenvalue weighted by atomic mass is 9.87. The first-order valence-corrected chi connectivity index (χ1v) is 22.2. The van der Waals surface area contributed by atoms with Gasteiger partial charge in [-0.05, 0) is 71.5 Å². The van der Waals surface area contributed by atoms with Crippen molar-refractivity contribution in [1.82, 2.24) is 40.1 Å². The van der Waals surface area contributed by atoms with Crippen molar-refractivity contribution in [3.8, 4) is 45.3 Å². The Morgan fingerprint density at radius 1 is 0.576 bits per heavy atom. The van der Waals surface area contributed by atoms with Crippen molar-refractivity contribution in [1.29, 1.82) is 0 Å². The maximum absolute atomic E-state index is 5.92. The van der Waals surface area contributed by atoms with Crippen molar-refractivity contribution in [3.05, 3.63) is 187 Å². The fourth-order valence-electron chi connectivity index (χ4n) is 10.3. The number of nitrogens with zero attached hydrogens (tertiary/aromatic N) is 8. The van der Waals surface area contributed by atoms with Gasteiger partial charge in [-0.1, -0.05) is 103 Å². The Kier molecular flexibility index (Phi) is 7.93. The molecule has 6 aromatic carbocycles. The van der Waals surface area contributed by atoms with E-state index in [4.69, 9.17) is 30.0 Å². The number of fused-ring (bicyclic) bond motifs is 7. The lowest BCUT2D eigenvalue weighted by molar-refractivity contribution is 0.999. The van der Waals surface area contributed by atoms with Crippen LogP contribution in [0.15, 0.2) is 175 Å². The van der Waals surface area contributed by atoms with E-state index in [9.17, 15) is 0 Å². The van der Waals surface area contributed by atoms with Gasteiger partial charge in [0.15, 0.2) is 5.65 Å². The van der Waals surface area contributed by atoms with E-state index in [1.807, 2.05) is 30.3 Å². The molecule has 6 aromatic heterocycles. The highest BCUT2D eigenvalue weighted by Crippen LogP contribution is 2.53. The summed E-state index contributed by atoms with van der Waals surface area (Å²) in [5.41, 5.74) is 16.7. The Morgan fingerprint density at radius 3 is 2.26 bits per heavy atom. The largest absolute Gasteiger partial charge is 0.360 e. The summed E-state index contributed by atoms with van der Waals surface area (Å²) in [6, 6.07) is 52.6. The number of anilines is 2. The minimum absolute atomic E-state index is 0.570. The zero-order chi connectivity index (χ0) is 43.3. The Hall–Kier alpha value is -8.89. The second kappa shape index (κ2) is 14.3. The lowest BCUT2D eigenvalue weighted by Crippen LogP contribution is -2.19. The molecule has 0 saturated heterocycles. The molecule has 0 spiro atoms. The molecule has 2 aliphatic rings. The quantitative estimate of drug-likeness (QED) is 0.171. The molecule has 10 heteroatoms. The Bertz CT molecular complexity index is 3970. The molecular weight excluding hydrogens is 813 g/mol. The van der Waals surface area contributed by atoms with Crippen LogP contribution in [-0.2, 0) is 12.8 Å². The maximum atomic E-state index is 5.92. The predicted molar refractivity (Wildman–Crippen MR) is 265 cm³/mol. The van der Waals surface area contributed by atoms with Crippen LogP contribution in [0.3, 0.4) is 0 Å². The molecule has 2 aliphatic heterocycles. The number of rotatable bonds is 6. The summed E-state index contributed by atoms with van der Waals surface area (Å²) >= 11 is 0. The summed E-state index contributed by atoms with van der Waals surface area (Å²) < 4.78 is 0. The zero-order valence-corrected chi connectivity index (χ0v) is 35.4. The van der Waals surface area contributed by atoms with Crippen molar-refractivity contribution in [2.75, 3.05) is 11.4 Å². The molecule has 8 heterocycles. The van der Waals surface area contributed by atoms with Crippen LogP contribution in [0.4, 0.5) is 17.1 Å². The number of nitrogens with one attached hydrogen (secondary N) is 2. The van der Waals surface area contributed by atoms with Crippen molar-refractivity contribution >= 4 is 77.3 Å². The van der Waals surface area contributed by atoms with Crippen molar-refractivity contribution in [2.24, 2.45) is 4.99 Å². The average Bonchev–Trinajstić information content (AvgIpc) is 4.20. The van der Waals surface area contributed by atoms with E-state index in [2.05, 4.69) is 147 Å². The molecule has 0 aliphatic carbocycles. The molecule has 0 fully saturated rings. The first kappa shape index (κ1) is 36.6. The molecule has 0 bridgehead atoms. The van der Waals surface area contributed by atoms with E-state index >= 15 is 0 Å². The van der Waals surface area contributed by atoms with E-state index < -0.39 is 0 Å². The number of aromatic amines is 2. The van der Waals surface area contributed by atoms with Crippen molar-refractivity contribution < 1.29 is 0 Å². The van der Waals surface area contributed by atoms with Crippen molar-refractivity contribution in [2.45, 2.75) is 12.8 Å². The molecule has 14 rings (SSSR count). The number of hydrogen-bond acceptors (Lipinski definition) is 8. The summed E-state index contributed by atoms with van der Waals surface area (Å²) in [7, 11) is 0. The second-order valence-corrected chi connectivity index (χ2v) is 17.0. The van der Waals surface area contributed by atoms with E-state index in [0.717, 1.165) is 113 Å². The first-order valence-electron chi connectivity index (χ1n) is 22.2. The van der Waals surface area contributed by atoms with Crippen LogP contribution < -0.4 is 4.90 Å². The topological polar surface area (TPSA) is 125 Å². The van der Waals surface area contributed by atoms with Gasteiger partial charge in [0.2, 0.25) is 0 Å². The van der Waals surface area contributed by atoms with Gasteiger partial charge >= 0.3 is 0 Å². The van der Waals surface area contributed by atoms with E-state index in [0.29, 0.717) is 40.4 Å². The Labute approximate surface area is 377 Å². The number of pyridine rings is 2. The first-order chi connectivity index (χ1) is 32.7. The SMILES string of the molecule is c1ccc2c(c1)CC(c1c(-c3cc4ccccc4[nH]3)c(-c3[nH]cc4ccccc34)c(N3CCc4ccccc43)c3nc(-c4ccc5cccnc5n4)c(-c4nncc5ccccc45)nc13)=N2. The third-order valence-electron chi connectivity index (χ3n) is 13.3. The number of aliphatic imine (C=N–C) groups is 1. The number of para-hydroxylation sites is 3. The normalized spacial score (nSPS) is 13.3. The van der Waals surface area contributed by atoms with Gasteiger partial charge in [0.05, 0.1) is 34.7 Å². The van der Waals surface area contributed by atoms with Gasteiger partial charge in [0, 0.05) is 85.9 Å². The Morgan fingerprint density at radius 2 is 1.35 bits per heavy atom. The molecule has 12 aromatic rings. The average molecular weight is 849 g/mol. The molecule has 2 N–H and O–H groups in total. The predicted octanol–water partition coefficient (Wildman–Crippen LogP) is 12.5. The van der Waals surface area contributed by atoms with Crippen LogP contribution in [0.5, 0.6) is 0 Å². The van der Waals surface area contributed by atoms with Gasteiger partial charge < -0.3 is 14.9 Å². The molecule has 310 valence electrons. The lowest BCUT2D eigenvalue weighted by Gasteiger charge is -2.28. The van der Waals surface area contributed by atoms with E-state index in [-0.39, 0.29) is 0 Å². The molecular formula is C56H36N10.